The fourth-order valence-electron chi connectivity index (χ4n) is 2.52. The van der Waals surface area contributed by atoms with Gasteiger partial charge in [0, 0.05) is 12.7 Å². The summed E-state index contributed by atoms with van der Waals surface area (Å²) in [5, 5.41) is 3.48. The molecule has 3 rings (SSSR count). The lowest BCUT2D eigenvalue weighted by atomic mass is 9.90. The molecule has 1 aromatic carbocycles. The molecule has 2 heterocycles. The average Bonchev–Trinajstić information content (AvgIpc) is 2.47. The summed E-state index contributed by atoms with van der Waals surface area (Å²) in [6.07, 6.45) is 2.76. The number of nitrogens with two attached hydrogens (primary N) is 1. The number of carbonyl (C=O) groups is 1. The van der Waals surface area contributed by atoms with Crippen molar-refractivity contribution < 1.29 is 4.79 Å². The molecule has 1 atom stereocenters. The summed E-state index contributed by atoms with van der Waals surface area (Å²) in [6.45, 7) is 0.944. The average molecular weight is 253 g/mol. The molecule has 0 unspecified atom stereocenters. The predicted octanol–water partition coefficient (Wildman–Crippen LogP) is 1.42. The number of primary amides is 1. The highest BCUT2D eigenvalue weighted by atomic mass is 16.1. The van der Waals surface area contributed by atoms with Crippen LogP contribution in [0.3, 0.4) is 0 Å². The number of aromatic nitrogens is 1. The van der Waals surface area contributed by atoms with Gasteiger partial charge in [-0.3, -0.25) is 9.78 Å². The molecule has 0 bridgehead atoms. The highest BCUT2D eigenvalue weighted by molar-refractivity contribution is 5.90. The van der Waals surface area contributed by atoms with Crippen molar-refractivity contribution in [3.63, 3.8) is 0 Å². The van der Waals surface area contributed by atoms with Crippen LogP contribution >= 0.6 is 0 Å². The summed E-state index contributed by atoms with van der Waals surface area (Å²) in [5.74, 6) is -0.497. The van der Waals surface area contributed by atoms with E-state index in [2.05, 4.69) is 28.5 Å². The van der Waals surface area contributed by atoms with E-state index in [4.69, 9.17) is 5.73 Å². The van der Waals surface area contributed by atoms with E-state index in [1.165, 1.54) is 11.1 Å². The molecular weight excluding hydrogens is 238 g/mol. The zero-order valence-electron chi connectivity index (χ0n) is 10.5. The SMILES string of the molecule is NC(=O)c1ccc([C@@H]2NCCc3ccccc32)cn1. The molecule has 2 aromatic rings. The smallest absolute Gasteiger partial charge is 0.267 e. The van der Waals surface area contributed by atoms with Crippen molar-refractivity contribution in [3.05, 3.63) is 65.0 Å². The van der Waals surface area contributed by atoms with Gasteiger partial charge >= 0.3 is 0 Å². The van der Waals surface area contributed by atoms with Crippen LogP contribution in [-0.2, 0) is 6.42 Å². The summed E-state index contributed by atoms with van der Waals surface area (Å²) < 4.78 is 0. The summed E-state index contributed by atoms with van der Waals surface area (Å²) in [7, 11) is 0. The predicted molar refractivity (Wildman–Crippen MR) is 72.7 cm³/mol. The van der Waals surface area contributed by atoms with Gasteiger partial charge in [-0.15, -0.1) is 0 Å². The highest BCUT2D eigenvalue weighted by Gasteiger charge is 2.21. The first-order valence-electron chi connectivity index (χ1n) is 6.32. The number of hydrogen-bond donors (Lipinski definition) is 2. The number of carbonyl (C=O) groups excluding carboxylic acids is 1. The van der Waals surface area contributed by atoms with Crippen LogP contribution in [0.25, 0.3) is 0 Å². The Labute approximate surface area is 111 Å². The van der Waals surface area contributed by atoms with Crippen molar-refractivity contribution in [1.82, 2.24) is 10.3 Å². The topological polar surface area (TPSA) is 68.0 Å². The molecule has 0 saturated heterocycles. The number of fused-ring (bicyclic) bond motifs is 1. The van der Waals surface area contributed by atoms with Gasteiger partial charge in [0.05, 0.1) is 6.04 Å². The Bertz CT molecular complexity index is 607. The standard InChI is InChI=1S/C15H15N3O/c16-15(19)13-6-5-11(9-18-13)14-12-4-2-1-3-10(12)7-8-17-14/h1-6,9,14,17H,7-8H2,(H2,16,19)/t14-/m0/s1. The molecule has 1 aromatic heterocycles. The summed E-state index contributed by atoms with van der Waals surface area (Å²) >= 11 is 0. The Hall–Kier alpha value is -2.20. The summed E-state index contributed by atoms with van der Waals surface area (Å²) in [5.41, 5.74) is 9.20. The third-order valence-corrected chi connectivity index (χ3v) is 3.48. The molecule has 0 fully saturated rings. The Balaban J connectivity index is 1.97. The fraction of sp³-hybridized carbons (Fsp3) is 0.200. The van der Waals surface area contributed by atoms with Gasteiger partial charge in [0.15, 0.2) is 0 Å². The zero-order valence-corrected chi connectivity index (χ0v) is 10.5. The van der Waals surface area contributed by atoms with Crippen LogP contribution in [0.2, 0.25) is 0 Å². The van der Waals surface area contributed by atoms with Crippen LogP contribution in [0.1, 0.15) is 33.2 Å². The van der Waals surface area contributed by atoms with Crippen LogP contribution in [0.15, 0.2) is 42.6 Å². The van der Waals surface area contributed by atoms with Crippen LogP contribution in [-0.4, -0.2) is 17.4 Å². The van der Waals surface area contributed by atoms with Crippen molar-refractivity contribution in [2.24, 2.45) is 5.73 Å². The molecule has 1 aliphatic rings. The molecule has 96 valence electrons. The zero-order chi connectivity index (χ0) is 13.2. The van der Waals surface area contributed by atoms with Crippen LogP contribution in [0, 0.1) is 0 Å². The van der Waals surface area contributed by atoms with Gasteiger partial charge in [0.25, 0.3) is 5.91 Å². The second kappa shape index (κ2) is 4.82. The van der Waals surface area contributed by atoms with Crippen molar-refractivity contribution >= 4 is 5.91 Å². The Morgan fingerprint density at radius 2 is 2.11 bits per heavy atom. The molecule has 3 N–H and O–H groups in total. The first kappa shape index (κ1) is 11.9. The van der Waals surface area contributed by atoms with Gasteiger partial charge in [0.1, 0.15) is 5.69 Å². The molecule has 4 heteroatoms. The van der Waals surface area contributed by atoms with Gasteiger partial charge in [-0.2, -0.15) is 0 Å². The lowest BCUT2D eigenvalue weighted by Crippen LogP contribution is -2.30. The maximum Gasteiger partial charge on any atom is 0.267 e. The molecule has 0 radical (unpaired) electrons. The summed E-state index contributed by atoms with van der Waals surface area (Å²) in [6, 6.07) is 12.1. The molecule has 1 aliphatic heterocycles. The first-order chi connectivity index (χ1) is 9.25. The van der Waals surface area contributed by atoms with Gasteiger partial charge in [0.2, 0.25) is 0 Å². The Kier molecular flexibility index (Phi) is 3.01. The lowest BCUT2D eigenvalue weighted by Gasteiger charge is -2.27. The van der Waals surface area contributed by atoms with Gasteiger partial charge in [-0.1, -0.05) is 30.3 Å². The minimum atomic E-state index is -0.497. The number of rotatable bonds is 2. The molecule has 19 heavy (non-hydrogen) atoms. The van der Waals surface area contributed by atoms with E-state index in [0.717, 1.165) is 18.5 Å². The fourth-order valence-corrected chi connectivity index (χ4v) is 2.52. The van der Waals surface area contributed by atoms with E-state index < -0.39 is 5.91 Å². The van der Waals surface area contributed by atoms with Crippen molar-refractivity contribution in [2.75, 3.05) is 6.54 Å². The number of pyridine rings is 1. The van der Waals surface area contributed by atoms with E-state index in [0.29, 0.717) is 5.69 Å². The molecule has 0 saturated carbocycles. The number of benzene rings is 1. The van der Waals surface area contributed by atoms with Crippen molar-refractivity contribution in [2.45, 2.75) is 12.5 Å². The van der Waals surface area contributed by atoms with E-state index in [1.807, 2.05) is 12.1 Å². The normalized spacial score (nSPS) is 17.8. The van der Waals surface area contributed by atoms with Crippen LogP contribution in [0.5, 0.6) is 0 Å². The van der Waals surface area contributed by atoms with E-state index in [-0.39, 0.29) is 6.04 Å². The van der Waals surface area contributed by atoms with E-state index >= 15 is 0 Å². The van der Waals surface area contributed by atoms with Crippen molar-refractivity contribution in [3.8, 4) is 0 Å². The van der Waals surface area contributed by atoms with E-state index in [1.54, 1.807) is 12.3 Å². The largest absolute Gasteiger partial charge is 0.364 e. The van der Waals surface area contributed by atoms with E-state index in [9.17, 15) is 4.79 Å². The molecule has 0 aliphatic carbocycles. The highest BCUT2D eigenvalue weighted by Crippen LogP contribution is 2.27. The third-order valence-electron chi connectivity index (χ3n) is 3.48. The van der Waals surface area contributed by atoms with Crippen LogP contribution in [0.4, 0.5) is 0 Å². The van der Waals surface area contributed by atoms with Gasteiger partial charge in [-0.05, 0) is 29.2 Å². The summed E-state index contributed by atoms with van der Waals surface area (Å²) in [4.78, 5) is 15.1. The molecule has 4 nitrogen and oxygen atoms in total. The number of amides is 1. The quantitative estimate of drug-likeness (QED) is 0.850. The third kappa shape index (κ3) is 2.22. The Morgan fingerprint density at radius 3 is 2.84 bits per heavy atom. The monoisotopic (exact) mass is 253 g/mol. The minimum Gasteiger partial charge on any atom is -0.364 e. The first-order valence-corrected chi connectivity index (χ1v) is 6.32. The lowest BCUT2D eigenvalue weighted by molar-refractivity contribution is 0.0995. The maximum atomic E-state index is 11.0. The second-order valence-electron chi connectivity index (χ2n) is 4.68. The number of hydrogen-bond acceptors (Lipinski definition) is 3. The van der Waals surface area contributed by atoms with Crippen LogP contribution < -0.4 is 11.1 Å². The molecular formula is C15H15N3O. The minimum absolute atomic E-state index is 0.138. The number of nitrogens with zero attached hydrogens (tertiary/aromatic N) is 1. The molecule has 1 amide bonds. The van der Waals surface area contributed by atoms with Gasteiger partial charge < -0.3 is 11.1 Å². The van der Waals surface area contributed by atoms with Crippen molar-refractivity contribution in [1.29, 1.82) is 0 Å². The van der Waals surface area contributed by atoms with Gasteiger partial charge in [-0.25, -0.2) is 0 Å². The second-order valence-corrected chi connectivity index (χ2v) is 4.68. The Morgan fingerprint density at radius 1 is 1.26 bits per heavy atom. The number of nitrogens with one attached hydrogen (secondary N) is 1. The maximum absolute atomic E-state index is 11.0. The molecule has 0 spiro atoms.